The van der Waals surface area contributed by atoms with Crippen molar-refractivity contribution in [3.63, 3.8) is 0 Å². The zero-order valence-corrected chi connectivity index (χ0v) is 12.1. The van der Waals surface area contributed by atoms with Gasteiger partial charge in [0.25, 0.3) is 5.91 Å². The lowest BCUT2D eigenvalue weighted by Crippen LogP contribution is -2.13. The van der Waals surface area contributed by atoms with E-state index in [1.165, 1.54) is 11.3 Å². The fourth-order valence-electron chi connectivity index (χ4n) is 1.72. The van der Waals surface area contributed by atoms with Crippen LogP contribution in [0.4, 0.5) is 5.69 Å². The summed E-state index contributed by atoms with van der Waals surface area (Å²) in [5.41, 5.74) is 8.12. The molecule has 0 spiro atoms. The van der Waals surface area contributed by atoms with Gasteiger partial charge in [-0.3, -0.25) is 4.79 Å². The summed E-state index contributed by atoms with van der Waals surface area (Å²) in [6.07, 6.45) is 0.854. The molecule has 19 heavy (non-hydrogen) atoms. The minimum Gasteiger partial charge on any atom is -0.389 e. The van der Waals surface area contributed by atoms with E-state index in [-0.39, 0.29) is 5.91 Å². The van der Waals surface area contributed by atoms with Gasteiger partial charge in [-0.1, -0.05) is 19.1 Å². The van der Waals surface area contributed by atoms with Crippen molar-refractivity contribution in [2.24, 2.45) is 5.73 Å². The van der Waals surface area contributed by atoms with Crippen LogP contribution >= 0.6 is 23.6 Å². The van der Waals surface area contributed by atoms with Crippen LogP contribution in [0.5, 0.6) is 0 Å². The molecule has 0 unspecified atom stereocenters. The molecule has 1 aromatic heterocycles. The lowest BCUT2D eigenvalue weighted by molar-refractivity contribution is 0.103. The van der Waals surface area contributed by atoms with Gasteiger partial charge in [-0.15, -0.1) is 11.3 Å². The van der Waals surface area contributed by atoms with Crippen LogP contribution in [0.2, 0.25) is 0 Å². The monoisotopic (exact) mass is 290 g/mol. The van der Waals surface area contributed by atoms with Crippen LogP contribution < -0.4 is 11.1 Å². The second-order valence-electron chi connectivity index (χ2n) is 4.02. The summed E-state index contributed by atoms with van der Waals surface area (Å²) in [5, 5.41) is 4.81. The number of hydrogen-bond acceptors (Lipinski definition) is 3. The molecule has 0 aliphatic heterocycles. The van der Waals surface area contributed by atoms with Gasteiger partial charge in [-0.25, -0.2) is 0 Å². The normalized spacial score (nSPS) is 10.2. The molecule has 3 nitrogen and oxygen atoms in total. The van der Waals surface area contributed by atoms with E-state index in [2.05, 4.69) is 5.32 Å². The van der Waals surface area contributed by atoms with Gasteiger partial charge in [0.1, 0.15) is 4.99 Å². The molecular weight excluding hydrogens is 276 g/mol. The summed E-state index contributed by atoms with van der Waals surface area (Å²) in [6, 6.07) is 9.17. The topological polar surface area (TPSA) is 55.1 Å². The Balaban J connectivity index is 2.13. The van der Waals surface area contributed by atoms with E-state index >= 15 is 0 Å². The highest BCUT2D eigenvalue weighted by molar-refractivity contribution is 7.80. The Labute approximate surface area is 121 Å². The van der Waals surface area contributed by atoms with Crippen molar-refractivity contribution in [1.29, 1.82) is 0 Å². The number of thiocarbonyl (C=S) groups is 1. The predicted molar refractivity (Wildman–Crippen MR) is 84.0 cm³/mol. The Kier molecular flexibility index (Phi) is 4.29. The first-order chi connectivity index (χ1) is 9.11. The largest absolute Gasteiger partial charge is 0.389 e. The molecule has 2 aromatic rings. The summed E-state index contributed by atoms with van der Waals surface area (Å²) in [7, 11) is 0. The summed E-state index contributed by atoms with van der Waals surface area (Å²) in [4.78, 5) is 13.2. The van der Waals surface area contributed by atoms with Crippen LogP contribution in [0.15, 0.2) is 35.7 Å². The quantitative estimate of drug-likeness (QED) is 0.850. The van der Waals surface area contributed by atoms with Crippen LogP contribution in [0, 0.1) is 0 Å². The third kappa shape index (κ3) is 3.19. The van der Waals surface area contributed by atoms with Crippen LogP contribution in [0.1, 0.15) is 27.7 Å². The fourth-order valence-corrected chi connectivity index (χ4v) is 2.75. The van der Waals surface area contributed by atoms with Crippen molar-refractivity contribution in [2.45, 2.75) is 13.3 Å². The first-order valence-corrected chi connectivity index (χ1v) is 7.18. The van der Waals surface area contributed by atoms with Crippen molar-refractivity contribution in [3.8, 4) is 0 Å². The number of amides is 1. The maximum atomic E-state index is 12.1. The van der Waals surface area contributed by atoms with E-state index in [4.69, 9.17) is 18.0 Å². The number of carbonyl (C=O) groups is 1. The summed E-state index contributed by atoms with van der Waals surface area (Å²) >= 11 is 6.34. The van der Waals surface area contributed by atoms with E-state index in [0.29, 0.717) is 4.99 Å². The van der Waals surface area contributed by atoms with E-state index < -0.39 is 0 Å². The Morgan fingerprint density at radius 2 is 2.00 bits per heavy atom. The third-order valence-electron chi connectivity index (χ3n) is 2.76. The number of anilines is 1. The maximum absolute atomic E-state index is 12.1. The molecule has 0 aliphatic carbocycles. The van der Waals surface area contributed by atoms with E-state index in [0.717, 1.165) is 28.1 Å². The number of nitrogens with one attached hydrogen (secondary N) is 1. The Morgan fingerprint density at radius 1 is 1.32 bits per heavy atom. The van der Waals surface area contributed by atoms with Gasteiger partial charge < -0.3 is 11.1 Å². The van der Waals surface area contributed by atoms with Gasteiger partial charge in [0, 0.05) is 11.3 Å². The minimum absolute atomic E-state index is 0.0741. The molecule has 0 aliphatic rings. The van der Waals surface area contributed by atoms with Gasteiger partial charge >= 0.3 is 0 Å². The van der Waals surface area contributed by atoms with Crippen LogP contribution in [-0.4, -0.2) is 10.9 Å². The third-order valence-corrected chi connectivity index (χ3v) is 3.95. The molecule has 1 heterocycles. The lowest BCUT2D eigenvalue weighted by atomic mass is 10.2. The molecule has 98 valence electrons. The number of hydrogen-bond donors (Lipinski definition) is 2. The molecule has 0 fully saturated rings. The van der Waals surface area contributed by atoms with Gasteiger partial charge in [0.2, 0.25) is 0 Å². The molecular formula is C14H14N2OS2. The first-order valence-electron chi connectivity index (χ1n) is 5.89. The van der Waals surface area contributed by atoms with E-state index in [1.54, 1.807) is 24.3 Å². The van der Waals surface area contributed by atoms with Crippen molar-refractivity contribution in [1.82, 2.24) is 0 Å². The van der Waals surface area contributed by atoms with Crippen LogP contribution in [0.25, 0.3) is 0 Å². The van der Waals surface area contributed by atoms with E-state index in [9.17, 15) is 4.79 Å². The average Bonchev–Trinajstić information content (AvgIpc) is 2.87. The molecule has 0 saturated heterocycles. The van der Waals surface area contributed by atoms with Gasteiger partial charge in [-0.05, 0) is 47.7 Å². The Morgan fingerprint density at radius 3 is 2.58 bits per heavy atom. The number of carbonyl (C=O) groups excluding carboxylic acids is 1. The number of rotatable bonds is 4. The molecule has 0 bridgehead atoms. The molecule has 5 heteroatoms. The number of benzene rings is 1. The van der Waals surface area contributed by atoms with Gasteiger partial charge in [-0.2, -0.15) is 0 Å². The SMILES string of the molecule is CCc1ccsc1C(=O)Nc1ccc(C(N)=S)cc1. The summed E-state index contributed by atoms with van der Waals surface area (Å²) < 4.78 is 0. The van der Waals surface area contributed by atoms with Crippen molar-refractivity contribution in [3.05, 3.63) is 51.7 Å². The highest BCUT2D eigenvalue weighted by Gasteiger charge is 2.12. The first kappa shape index (κ1) is 13.7. The number of aryl methyl sites for hydroxylation is 1. The van der Waals surface area contributed by atoms with Gasteiger partial charge in [0.05, 0.1) is 4.88 Å². The lowest BCUT2D eigenvalue weighted by Gasteiger charge is -2.06. The average molecular weight is 290 g/mol. The summed E-state index contributed by atoms with van der Waals surface area (Å²) in [6.45, 7) is 2.04. The second-order valence-corrected chi connectivity index (χ2v) is 5.38. The molecule has 1 amide bonds. The molecule has 3 N–H and O–H groups in total. The minimum atomic E-state index is -0.0741. The molecule has 1 aromatic carbocycles. The smallest absolute Gasteiger partial charge is 0.266 e. The van der Waals surface area contributed by atoms with Crippen molar-refractivity contribution >= 4 is 40.1 Å². The van der Waals surface area contributed by atoms with Crippen LogP contribution in [-0.2, 0) is 6.42 Å². The Hall–Kier alpha value is -1.72. The number of thiophene rings is 1. The molecule has 0 radical (unpaired) electrons. The molecule has 2 rings (SSSR count). The zero-order valence-electron chi connectivity index (χ0n) is 10.5. The van der Waals surface area contributed by atoms with E-state index in [1.807, 2.05) is 18.4 Å². The summed E-state index contributed by atoms with van der Waals surface area (Å²) in [5.74, 6) is -0.0741. The molecule has 0 atom stereocenters. The van der Waals surface area contributed by atoms with Crippen molar-refractivity contribution < 1.29 is 4.79 Å². The van der Waals surface area contributed by atoms with Gasteiger partial charge in [0.15, 0.2) is 0 Å². The van der Waals surface area contributed by atoms with Crippen LogP contribution in [0.3, 0.4) is 0 Å². The molecule has 0 saturated carbocycles. The predicted octanol–water partition coefficient (Wildman–Crippen LogP) is 3.20. The highest BCUT2D eigenvalue weighted by Crippen LogP contribution is 2.19. The second kappa shape index (κ2) is 5.95. The van der Waals surface area contributed by atoms with Crippen molar-refractivity contribution in [2.75, 3.05) is 5.32 Å². The maximum Gasteiger partial charge on any atom is 0.266 e. The zero-order chi connectivity index (χ0) is 13.8. The fraction of sp³-hybridized carbons (Fsp3) is 0.143. The Bertz CT molecular complexity index is 602. The standard InChI is InChI=1S/C14H14N2OS2/c1-2-9-7-8-19-12(9)14(17)16-11-5-3-10(4-6-11)13(15)18/h3-8H,2H2,1H3,(H2,15,18)(H,16,17). The number of nitrogens with two attached hydrogens (primary N) is 1. The highest BCUT2D eigenvalue weighted by atomic mass is 32.1.